The second kappa shape index (κ2) is 29.5. The fraction of sp³-hybridized carbons (Fsp3) is 0.667. The van der Waals surface area contributed by atoms with Crippen molar-refractivity contribution in [2.24, 2.45) is 0 Å². The van der Waals surface area contributed by atoms with Crippen LogP contribution in [-0.2, 0) is 14.3 Å². The van der Waals surface area contributed by atoms with Crippen LogP contribution >= 0.6 is 0 Å². The van der Waals surface area contributed by atoms with E-state index in [0.717, 1.165) is 70.6 Å². The lowest BCUT2D eigenvalue weighted by molar-refractivity contribution is -0.302. The molecule has 1 amide bonds. The third kappa shape index (κ3) is 20.9. The summed E-state index contributed by atoms with van der Waals surface area (Å²) in [6.45, 7) is 3.56. The SMILES string of the molecule is CC/C=C\C/C=C\C/C=C\C/C=C\C/C=C\C/C=C\CCC(=O)NC(COC1OC(CO)C(O)C(O)C1O)C(O)CCCCCCCC. The van der Waals surface area contributed by atoms with E-state index >= 15 is 0 Å². The number of carbonyl (C=O) groups is 1. The fourth-order valence-electron chi connectivity index (χ4n) is 5.12. The smallest absolute Gasteiger partial charge is 0.220 e. The highest BCUT2D eigenvalue weighted by atomic mass is 16.7. The van der Waals surface area contributed by atoms with Gasteiger partial charge in [0, 0.05) is 6.42 Å². The van der Waals surface area contributed by atoms with Crippen LogP contribution in [0.15, 0.2) is 72.9 Å². The van der Waals surface area contributed by atoms with Gasteiger partial charge in [-0.1, -0.05) is 125 Å². The summed E-state index contributed by atoms with van der Waals surface area (Å²) >= 11 is 0. The summed E-state index contributed by atoms with van der Waals surface area (Å²) in [5, 5.41) is 53.6. The zero-order chi connectivity index (χ0) is 35.2. The molecule has 0 aromatic heterocycles. The van der Waals surface area contributed by atoms with Crippen molar-refractivity contribution >= 4 is 5.91 Å². The second-order valence-corrected chi connectivity index (χ2v) is 12.3. The lowest BCUT2D eigenvalue weighted by Gasteiger charge is -2.40. The van der Waals surface area contributed by atoms with E-state index in [1.54, 1.807) is 0 Å². The number of nitrogens with one attached hydrogen (secondary N) is 1. The zero-order valence-electron chi connectivity index (χ0n) is 29.5. The van der Waals surface area contributed by atoms with Crippen molar-refractivity contribution < 1.29 is 39.8 Å². The molecule has 1 saturated heterocycles. The second-order valence-electron chi connectivity index (χ2n) is 12.3. The molecule has 1 aliphatic heterocycles. The molecule has 7 atom stereocenters. The van der Waals surface area contributed by atoms with E-state index in [1.807, 2.05) is 12.2 Å². The first-order valence-corrected chi connectivity index (χ1v) is 18.1. The van der Waals surface area contributed by atoms with E-state index in [0.29, 0.717) is 12.8 Å². The molecule has 7 unspecified atom stereocenters. The maximum atomic E-state index is 12.8. The van der Waals surface area contributed by atoms with Crippen LogP contribution in [0.2, 0.25) is 0 Å². The Morgan fingerprint density at radius 1 is 0.729 bits per heavy atom. The van der Waals surface area contributed by atoms with Crippen molar-refractivity contribution in [3.63, 3.8) is 0 Å². The Labute approximate surface area is 289 Å². The summed E-state index contributed by atoms with van der Waals surface area (Å²) < 4.78 is 11.1. The van der Waals surface area contributed by atoms with Gasteiger partial charge in [0.1, 0.15) is 24.4 Å². The van der Waals surface area contributed by atoms with Gasteiger partial charge in [0.05, 0.1) is 25.4 Å². The molecule has 0 aliphatic carbocycles. The average Bonchev–Trinajstić information content (AvgIpc) is 3.08. The largest absolute Gasteiger partial charge is 0.394 e. The lowest BCUT2D eigenvalue weighted by Crippen LogP contribution is -2.60. The normalized spacial score (nSPS) is 23.5. The summed E-state index contributed by atoms with van der Waals surface area (Å²) in [5.74, 6) is -0.237. The van der Waals surface area contributed by atoms with Crippen molar-refractivity contribution in [2.75, 3.05) is 13.2 Å². The molecule has 1 fully saturated rings. The quantitative estimate of drug-likeness (QED) is 0.0468. The molecule has 0 aromatic carbocycles. The zero-order valence-corrected chi connectivity index (χ0v) is 29.5. The van der Waals surface area contributed by atoms with Crippen LogP contribution in [0.4, 0.5) is 0 Å². The minimum atomic E-state index is -1.57. The number of allylic oxidation sites excluding steroid dienone is 12. The summed E-state index contributed by atoms with van der Waals surface area (Å²) in [7, 11) is 0. The molecule has 48 heavy (non-hydrogen) atoms. The molecule has 0 spiro atoms. The number of amides is 1. The molecule has 9 heteroatoms. The Hall–Kier alpha value is -2.37. The molecule has 1 heterocycles. The Bertz CT molecular complexity index is 973. The molecular weight excluding hydrogens is 610 g/mol. The Kier molecular flexibility index (Phi) is 26.9. The predicted molar refractivity (Wildman–Crippen MR) is 193 cm³/mol. The molecular formula is C39H65NO8. The number of aliphatic hydroxyl groups excluding tert-OH is 5. The van der Waals surface area contributed by atoms with Crippen molar-refractivity contribution in [1.82, 2.24) is 5.32 Å². The Morgan fingerprint density at radius 2 is 1.25 bits per heavy atom. The van der Waals surface area contributed by atoms with Crippen molar-refractivity contribution in [3.05, 3.63) is 72.9 Å². The van der Waals surface area contributed by atoms with Gasteiger partial charge in [0.2, 0.25) is 5.91 Å². The van der Waals surface area contributed by atoms with Crippen LogP contribution in [0.3, 0.4) is 0 Å². The van der Waals surface area contributed by atoms with Gasteiger partial charge >= 0.3 is 0 Å². The van der Waals surface area contributed by atoms with E-state index in [1.165, 1.54) is 6.42 Å². The molecule has 0 radical (unpaired) electrons. The van der Waals surface area contributed by atoms with Crippen molar-refractivity contribution in [3.8, 4) is 0 Å². The van der Waals surface area contributed by atoms with Gasteiger partial charge in [-0.3, -0.25) is 4.79 Å². The summed E-state index contributed by atoms with van der Waals surface area (Å²) in [6, 6.07) is -0.759. The summed E-state index contributed by atoms with van der Waals surface area (Å²) in [5.41, 5.74) is 0. The van der Waals surface area contributed by atoms with Crippen molar-refractivity contribution in [1.29, 1.82) is 0 Å². The fourth-order valence-corrected chi connectivity index (χ4v) is 5.12. The number of carbonyl (C=O) groups excluding carboxylic acids is 1. The highest BCUT2D eigenvalue weighted by molar-refractivity contribution is 5.76. The van der Waals surface area contributed by atoms with Gasteiger partial charge in [-0.2, -0.15) is 0 Å². The summed E-state index contributed by atoms with van der Waals surface area (Å²) in [4.78, 5) is 12.8. The first kappa shape index (κ1) is 43.7. The highest BCUT2D eigenvalue weighted by Crippen LogP contribution is 2.22. The highest BCUT2D eigenvalue weighted by Gasteiger charge is 2.44. The summed E-state index contributed by atoms with van der Waals surface area (Å²) in [6.07, 6.45) is 30.9. The molecule has 1 rings (SSSR count). The number of hydrogen-bond donors (Lipinski definition) is 6. The van der Waals surface area contributed by atoms with Gasteiger partial charge in [0.25, 0.3) is 0 Å². The van der Waals surface area contributed by atoms with Crippen molar-refractivity contribution in [2.45, 2.75) is 153 Å². The number of aliphatic hydroxyl groups is 5. The molecule has 274 valence electrons. The minimum Gasteiger partial charge on any atom is -0.394 e. The van der Waals surface area contributed by atoms with Gasteiger partial charge < -0.3 is 40.3 Å². The number of ether oxygens (including phenoxy) is 2. The first-order chi connectivity index (χ1) is 23.3. The molecule has 9 nitrogen and oxygen atoms in total. The monoisotopic (exact) mass is 675 g/mol. The van der Waals surface area contributed by atoms with Gasteiger partial charge in [-0.25, -0.2) is 0 Å². The van der Waals surface area contributed by atoms with Crippen LogP contribution < -0.4 is 5.32 Å². The van der Waals surface area contributed by atoms with E-state index in [2.05, 4.69) is 79.9 Å². The Morgan fingerprint density at radius 3 is 1.79 bits per heavy atom. The maximum Gasteiger partial charge on any atom is 0.220 e. The van der Waals surface area contributed by atoms with Gasteiger partial charge in [-0.05, 0) is 51.4 Å². The molecule has 6 N–H and O–H groups in total. The van der Waals surface area contributed by atoms with Gasteiger partial charge in [0.15, 0.2) is 6.29 Å². The third-order valence-corrected chi connectivity index (χ3v) is 8.09. The van der Waals surface area contributed by atoms with Crippen LogP contribution in [0.25, 0.3) is 0 Å². The van der Waals surface area contributed by atoms with Gasteiger partial charge in [-0.15, -0.1) is 0 Å². The molecule has 1 aliphatic rings. The predicted octanol–water partition coefficient (Wildman–Crippen LogP) is 5.88. The molecule has 0 aromatic rings. The third-order valence-electron chi connectivity index (χ3n) is 8.09. The van der Waals surface area contributed by atoms with E-state index < -0.39 is 49.5 Å². The molecule has 0 bridgehead atoms. The standard InChI is InChI=1S/C39H65NO8/c1-3-5-7-9-11-12-13-14-15-16-17-18-19-20-21-22-23-25-27-29-35(43)40-32(33(42)28-26-24-10-8-6-4-2)31-47-39-38(46)37(45)36(44)34(30-41)48-39/h5,7,11-12,14-15,17-18,20-21,23,25,32-34,36-39,41-42,44-46H,3-4,6,8-10,13,16,19,22,24,26-31H2,1-2H3,(H,40,43)/b7-5-,12-11-,15-14-,18-17-,21-20-,25-23-. The maximum absolute atomic E-state index is 12.8. The lowest BCUT2D eigenvalue weighted by atomic mass is 9.99. The minimum absolute atomic E-state index is 0.175. The van der Waals surface area contributed by atoms with Crippen LogP contribution in [0, 0.1) is 0 Å². The van der Waals surface area contributed by atoms with E-state index in [9.17, 15) is 30.3 Å². The van der Waals surface area contributed by atoms with Crippen LogP contribution in [0.1, 0.15) is 110 Å². The number of unbranched alkanes of at least 4 members (excludes halogenated alkanes) is 5. The van der Waals surface area contributed by atoms with Crippen LogP contribution in [0.5, 0.6) is 0 Å². The number of rotatable bonds is 27. The van der Waals surface area contributed by atoms with E-state index in [4.69, 9.17) is 9.47 Å². The number of hydrogen-bond acceptors (Lipinski definition) is 8. The Balaban J connectivity index is 2.43. The average molecular weight is 676 g/mol. The van der Waals surface area contributed by atoms with E-state index in [-0.39, 0.29) is 18.9 Å². The molecule has 0 saturated carbocycles. The topological polar surface area (TPSA) is 149 Å². The van der Waals surface area contributed by atoms with Crippen LogP contribution in [-0.4, -0.2) is 87.5 Å². The first-order valence-electron chi connectivity index (χ1n) is 18.1.